The van der Waals surface area contributed by atoms with Gasteiger partial charge in [-0.25, -0.2) is 0 Å². The molecule has 0 radical (unpaired) electrons. The van der Waals surface area contributed by atoms with Crippen LogP contribution >= 0.6 is 0 Å². The topological polar surface area (TPSA) is 96.3 Å². The molecule has 0 saturated carbocycles. The summed E-state index contributed by atoms with van der Waals surface area (Å²) in [5, 5.41) is 6.64. The molecule has 1 rings (SSSR count). The number of methoxy groups -OCH3 is 1. The number of ether oxygens (including phenoxy) is 2. The molecule has 102 valence electrons. The van der Waals surface area contributed by atoms with Crippen LogP contribution in [0.4, 0.5) is 0 Å². The Morgan fingerprint density at radius 3 is 2.94 bits per heavy atom. The van der Waals surface area contributed by atoms with E-state index in [1.54, 1.807) is 0 Å². The molecule has 0 aliphatic carbocycles. The minimum atomic E-state index is -0.287. The second-order valence-corrected chi connectivity index (χ2v) is 4.21. The molecule has 0 bridgehead atoms. The molecule has 0 aromatic heterocycles. The number of nitrogens with zero attached hydrogens (tertiary/aromatic N) is 3. The van der Waals surface area contributed by atoms with Crippen molar-refractivity contribution in [2.45, 2.75) is 25.3 Å². The summed E-state index contributed by atoms with van der Waals surface area (Å²) in [5.74, 6) is 0.0244. The zero-order chi connectivity index (χ0) is 13.2. The summed E-state index contributed by atoms with van der Waals surface area (Å²) in [6, 6.07) is -0.287. The molecular weight excluding hydrogens is 236 g/mol. The first kappa shape index (κ1) is 14.8. The molecule has 0 amide bonds. The van der Waals surface area contributed by atoms with Gasteiger partial charge in [0.15, 0.2) is 0 Å². The summed E-state index contributed by atoms with van der Waals surface area (Å²) in [6.07, 6.45) is 2.44. The van der Waals surface area contributed by atoms with Crippen LogP contribution in [0.2, 0.25) is 0 Å². The van der Waals surface area contributed by atoms with Gasteiger partial charge in [-0.2, -0.15) is 0 Å². The maximum absolute atomic E-state index is 11.7. The lowest BCUT2D eigenvalue weighted by Crippen LogP contribution is -2.46. The van der Waals surface area contributed by atoms with E-state index in [-0.39, 0.29) is 17.9 Å². The Bertz CT molecular complexity index is 299. The predicted molar refractivity (Wildman–Crippen MR) is 66.0 cm³/mol. The fraction of sp³-hybridized carbons (Fsp3) is 0.909. The van der Waals surface area contributed by atoms with Crippen LogP contribution in [0.3, 0.4) is 0 Å². The van der Waals surface area contributed by atoms with Gasteiger partial charge in [0.1, 0.15) is 6.04 Å². The normalized spacial score (nSPS) is 17.8. The van der Waals surface area contributed by atoms with Crippen molar-refractivity contribution in [1.82, 2.24) is 5.32 Å². The average molecular weight is 256 g/mol. The Hall–Kier alpha value is -1.30. The zero-order valence-corrected chi connectivity index (χ0v) is 10.7. The van der Waals surface area contributed by atoms with Crippen LogP contribution in [0.5, 0.6) is 0 Å². The lowest BCUT2D eigenvalue weighted by molar-refractivity contribution is -0.145. The molecule has 1 heterocycles. The summed E-state index contributed by atoms with van der Waals surface area (Å²) in [5.41, 5.74) is 8.15. The van der Waals surface area contributed by atoms with Gasteiger partial charge in [0.2, 0.25) is 0 Å². The molecule has 1 unspecified atom stereocenters. The largest absolute Gasteiger partial charge is 0.468 e. The third-order valence-corrected chi connectivity index (χ3v) is 3.05. The number of carbonyl (C=O) groups is 1. The minimum absolute atomic E-state index is 0.231. The van der Waals surface area contributed by atoms with Crippen molar-refractivity contribution in [1.29, 1.82) is 0 Å². The summed E-state index contributed by atoms with van der Waals surface area (Å²) in [7, 11) is 1.40. The highest BCUT2D eigenvalue weighted by atomic mass is 16.5. The number of nitrogens with one attached hydrogen (secondary N) is 1. The molecule has 7 nitrogen and oxygen atoms in total. The van der Waals surface area contributed by atoms with Crippen LogP contribution in [-0.4, -0.2) is 45.4 Å². The first-order chi connectivity index (χ1) is 8.79. The Kier molecular flexibility index (Phi) is 7.17. The van der Waals surface area contributed by atoms with Crippen LogP contribution in [0.15, 0.2) is 5.11 Å². The first-order valence-corrected chi connectivity index (χ1v) is 6.19. The van der Waals surface area contributed by atoms with E-state index in [0.717, 1.165) is 12.8 Å². The Balaban J connectivity index is 2.39. The molecule has 1 aliphatic heterocycles. The van der Waals surface area contributed by atoms with E-state index in [4.69, 9.17) is 15.0 Å². The lowest BCUT2D eigenvalue weighted by atomic mass is 9.91. The second kappa shape index (κ2) is 8.74. The Morgan fingerprint density at radius 1 is 1.61 bits per heavy atom. The summed E-state index contributed by atoms with van der Waals surface area (Å²) < 4.78 is 10.1. The SMILES string of the molecule is COC(=O)C(NCCCN=[N+]=[N-])C1CCOCC1. The van der Waals surface area contributed by atoms with E-state index < -0.39 is 0 Å². The highest BCUT2D eigenvalue weighted by molar-refractivity contribution is 5.76. The number of hydrogen-bond donors (Lipinski definition) is 1. The first-order valence-electron chi connectivity index (χ1n) is 6.19. The van der Waals surface area contributed by atoms with E-state index in [9.17, 15) is 4.79 Å². The van der Waals surface area contributed by atoms with E-state index in [0.29, 0.717) is 32.7 Å². The van der Waals surface area contributed by atoms with Crippen molar-refractivity contribution in [3.05, 3.63) is 10.4 Å². The zero-order valence-electron chi connectivity index (χ0n) is 10.7. The van der Waals surface area contributed by atoms with Gasteiger partial charge < -0.3 is 14.8 Å². The van der Waals surface area contributed by atoms with Gasteiger partial charge in [0, 0.05) is 24.7 Å². The fourth-order valence-corrected chi connectivity index (χ4v) is 2.07. The third kappa shape index (κ3) is 4.91. The molecule has 0 aromatic rings. The molecule has 1 aliphatic rings. The van der Waals surface area contributed by atoms with Gasteiger partial charge in [-0.15, -0.1) is 0 Å². The summed E-state index contributed by atoms with van der Waals surface area (Å²) >= 11 is 0. The molecule has 0 spiro atoms. The number of azide groups is 1. The van der Waals surface area contributed by atoms with Crippen molar-refractivity contribution in [2.24, 2.45) is 11.0 Å². The van der Waals surface area contributed by atoms with E-state index in [1.165, 1.54) is 7.11 Å². The predicted octanol–water partition coefficient (Wildman–Crippen LogP) is 1.24. The standard InChI is InChI=1S/C11H20N4O3/c1-17-11(16)10(9-3-7-18-8-4-9)13-5-2-6-14-15-12/h9-10,13H,2-8H2,1H3. The minimum Gasteiger partial charge on any atom is -0.468 e. The summed E-state index contributed by atoms with van der Waals surface area (Å²) in [6.45, 7) is 2.46. The fourth-order valence-electron chi connectivity index (χ4n) is 2.07. The van der Waals surface area contributed by atoms with Crippen LogP contribution in [0, 0.1) is 5.92 Å². The van der Waals surface area contributed by atoms with Gasteiger partial charge in [-0.05, 0) is 37.3 Å². The van der Waals surface area contributed by atoms with Gasteiger partial charge in [0.05, 0.1) is 7.11 Å². The van der Waals surface area contributed by atoms with Gasteiger partial charge in [-0.3, -0.25) is 4.79 Å². The van der Waals surface area contributed by atoms with Crippen molar-refractivity contribution in [3.8, 4) is 0 Å². The number of rotatable bonds is 7. The van der Waals surface area contributed by atoms with Crippen molar-refractivity contribution in [2.75, 3.05) is 33.4 Å². The van der Waals surface area contributed by atoms with Gasteiger partial charge >= 0.3 is 5.97 Å². The van der Waals surface area contributed by atoms with E-state index in [2.05, 4.69) is 15.3 Å². The quantitative estimate of drug-likeness (QED) is 0.244. The molecule has 1 saturated heterocycles. The number of hydrogen-bond acceptors (Lipinski definition) is 5. The smallest absolute Gasteiger partial charge is 0.323 e. The van der Waals surface area contributed by atoms with Crippen molar-refractivity contribution < 1.29 is 14.3 Å². The molecule has 0 aromatic carbocycles. The summed E-state index contributed by atoms with van der Waals surface area (Å²) in [4.78, 5) is 14.4. The molecule has 7 heteroatoms. The maximum atomic E-state index is 11.7. The van der Waals surface area contributed by atoms with Crippen molar-refractivity contribution in [3.63, 3.8) is 0 Å². The average Bonchev–Trinajstić information content (AvgIpc) is 2.43. The monoisotopic (exact) mass is 256 g/mol. The van der Waals surface area contributed by atoms with Crippen LogP contribution in [-0.2, 0) is 14.3 Å². The molecule has 1 atom stereocenters. The van der Waals surface area contributed by atoms with E-state index in [1.807, 2.05) is 0 Å². The highest BCUT2D eigenvalue weighted by Crippen LogP contribution is 2.19. The lowest BCUT2D eigenvalue weighted by Gasteiger charge is -2.29. The van der Waals surface area contributed by atoms with Crippen LogP contribution in [0.1, 0.15) is 19.3 Å². The second-order valence-electron chi connectivity index (χ2n) is 4.21. The van der Waals surface area contributed by atoms with Crippen molar-refractivity contribution >= 4 is 5.97 Å². The number of esters is 1. The van der Waals surface area contributed by atoms with Crippen LogP contribution in [0.25, 0.3) is 10.4 Å². The Morgan fingerprint density at radius 2 is 2.33 bits per heavy atom. The number of carbonyl (C=O) groups excluding carboxylic acids is 1. The maximum Gasteiger partial charge on any atom is 0.323 e. The molecular formula is C11H20N4O3. The van der Waals surface area contributed by atoms with Gasteiger partial charge in [0.25, 0.3) is 0 Å². The third-order valence-electron chi connectivity index (χ3n) is 3.05. The van der Waals surface area contributed by atoms with E-state index >= 15 is 0 Å². The van der Waals surface area contributed by atoms with Gasteiger partial charge in [-0.1, -0.05) is 5.11 Å². The molecule has 18 heavy (non-hydrogen) atoms. The molecule has 1 fully saturated rings. The highest BCUT2D eigenvalue weighted by Gasteiger charge is 2.29. The molecule has 1 N–H and O–H groups in total. The van der Waals surface area contributed by atoms with Crippen LogP contribution < -0.4 is 5.32 Å². The Labute approximate surface area is 106 Å².